The molecule has 0 amide bonds. The molecule has 0 aliphatic heterocycles. The zero-order chi connectivity index (χ0) is 16.0. The minimum absolute atomic E-state index is 0.789. The van der Waals surface area contributed by atoms with Gasteiger partial charge in [0.2, 0.25) is 0 Å². The second-order valence-corrected chi connectivity index (χ2v) is 9.72. The summed E-state index contributed by atoms with van der Waals surface area (Å²) >= 11 is 0. The Morgan fingerprint density at radius 2 is 0.739 bits per heavy atom. The van der Waals surface area contributed by atoms with E-state index in [0.717, 1.165) is 18.5 Å². The van der Waals surface area contributed by atoms with Gasteiger partial charge in [-0.3, -0.25) is 0 Å². The molecule has 0 bridgehead atoms. The Hall–Kier alpha value is -1.95. The van der Waals surface area contributed by atoms with Crippen LogP contribution >= 0.6 is 7.49 Å². The summed E-state index contributed by atoms with van der Waals surface area (Å²) in [6.45, 7) is 0. The van der Waals surface area contributed by atoms with Crippen molar-refractivity contribution in [3.8, 4) is 0 Å². The predicted molar refractivity (Wildman–Crippen MR) is 101 cm³/mol. The van der Waals surface area contributed by atoms with Gasteiger partial charge < -0.3 is 0 Å². The SMILES string of the molecule is O[PH](Cc1ccccc1)(Cc1ccccc1)Cc1ccccc1. The Bertz CT molecular complexity index is 609. The molecule has 0 heterocycles. The second-order valence-electron chi connectivity index (χ2n) is 6.21. The minimum atomic E-state index is -2.47. The van der Waals surface area contributed by atoms with E-state index in [-0.39, 0.29) is 0 Å². The van der Waals surface area contributed by atoms with E-state index in [0.29, 0.717) is 0 Å². The summed E-state index contributed by atoms with van der Waals surface area (Å²) in [7, 11) is -2.47. The molecule has 0 aliphatic carbocycles. The van der Waals surface area contributed by atoms with Gasteiger partial charge in [-0.2, -0.15) is 0 Å². The van der Waals surface area contributed by atoms with E-state index < -0.39 is 7.49 Å². The Labute approximate surface area is 139 Å². The van der Waals surface area contributed by atoms with Gasteiger partial charge >= 0.3 is 139 Å². The van der Waals surface area contributed by atoms with E-state index in [1.807, 2.05) is 18.2 Å². The van der Waals surface area contributed by atoms with Crippen molar-refractivity contribution in [1.29, 1.82) is 0 Å². The van der Waals surface area contributed by atoms with Crippen LogP contribution in [0.25, 0.3) is 0 Å². The molecular formula is C21H23OP. The molecule has 0 saturated carbocycles. The Balaban J connectivity index is 1.85. The number of benzene rings is 3. The molecule has 2 heteroatoms. The standard InChI is InChI=1S/C21H23OP/c22-23(16-19-10-4-1-5-11-19,17-20-12-6-2-7-13-20)18-21-14-8-3-9-15-21/h1-15,22-23H,16-18H2. The van der Waals surface area contributed by atoms with Crippen LogP contribution in [-0.4, -0.2) is 4.89 Å². The molecular weight excluding hydrogens is 299 g/mol. The first-order chi connectivity index (χ1) is 11.2. The van der Waals surface area contributed by atoms with E-state index >= 15 is 0 Å². The molecule has 0 unspecified atom stereocenters. The maximum absolute atomic E-state index is 11.5. The van der Waals surface area contributed by atoms with Crippen molar-refractivity contribution in [2.45, 2.75) is 18.5 Å². The van der Waals surface area contributed by atoms with Crippen LogP contribution in [0.3, 0.4) is 0 Å². The van der Waals surface area contributed by atoms with Crippen LogP contribution in [0.2, 0.25) is 0 Å². The monoisotopic (exact) mass is 322 g/mol. The fraction of sp³-hybridized carbons (Fsp3) is 0.143. The van der Waals surface area contributed by atoms with Gasteiger partial charge in [-0.15, -0.1) is 0 Å². The summed E-state index contributed by atoms with van der Waals surface area (Å²) in [5.74, 6) is 0. The van der Waals surface area contributed by atoms with E-state index in [4.69, 9.17) is 0 Å². The zero-order valence-electron chi connectivity index (χ0n) is 13.2. The van der Waals surface area contributed by atoms with Crippen molar-refractivity contribution >= 4 is 7.49 Å². The van der Waals surface area contributed by atoms with Crippen molar-refractivity contribution in [3.05, 3.63) is 108 Å². The maximum atomic E-state index is 11.5. The molecule has 0 aliphatic rings. The molecule has 118 valence electrons. The summed E-state index contributed by atoms with van der Waals surface area (Å²) in [4.78, 5) is 11.5. The molecule has 0 saturated heterocycles. The van der Waals surface area contributed by atoms with Crippen LogP contribution in [-0.2, 0) is 18.5 Å². The molecule has 1 nitrogen and oxygen atoms in total. The predicted octanol–water partition coefficient (Wildman–Crippen LogP) is 5.24. The third-order valence-electron chi connectivity index (χ3n) is 4.13. The van der Waals surface area contributed by atoms with Crippen LogP contribution in [0.1, 0.15) is 16.7 Å². The Morgan fingerprint density at radius 1 is 0.478 bits per heavy atom. The van der Waals surface area contributed by atoms with Gasteiger partial charge in [-0.25, -0.2) is 0 Å². The summed E-state index contributed by atoms with van der Waals surface area (Å²) < 4.78 is 0. The van der Waals surface area contributed by atoms with E-state index in [9.17, 15) is 4.89 Å². The third kappa shape index (κ3) is 4.76. The molecule has 0 aromatic heterocycles. The van der Waals surface area contributed by atoms with Crippen molar-refractivity contribution < 1.29 is 4.89 Å². The van der Waals surface area contributed by atoms with Gasteiger partial charge in [0.1, 0.15) is 0 Å². The normalized spacial score (nSPS) is 12.0. The van der Waals surface area contributed by atoms with Gasteiger partial charge in [-0.05, 0) is 0 Å². The third-order valence-corrected chi connectivity index (χ3v) is 7.33. The van der Waals surface area contributed by atoms with E-state index in [2.05, 4.69) is 72.8 Å². The quantitative estimate of drug-likeness (QED) is 0.615. The van der Waals surface area contributed by atoms with E-state index in [1.165, 1.54) is 16.7 Å². The zero-order valence-corrected chi connectivity index (χ0v) is 14.2. The van der Waals surface area contributed by atoms with Gasteiger partial charge in [-0.1, -0.05) is 0 Å². The molecule has 0 fully saturated rings. The van der Waals surface area contributed by atoms with E-state index in [1.54, 1.807) is 0 Å². The Kier molecular flexibility index (Phi) is 5.23. The molecule has 0 spiro atoms. The summed E-state index contributed by atoms with van der Waals surface area (Å²) in [5.41, 5.74) is 3.69. The van der Waals surface area contributed by atoms with Crippen molar-refractivity contribution in [2.24, 2.45) is 0 Å². The topological polar surface area (TPSA) is 20.2 Å². The molecule has 0 atom stereocenters. The second kappa shape index (κ2) is 7.55. The first kappa shape index (κ1) is 15.9. The number of hydrogen-bond donors (Lipinski definition) is 1. The van der Waals surface area contributed by atoms with Crippen molar-refractivity contribution in [3.63, 3.8) is 0 Å². The first-order valence-electron chi connectivity index (χ1n) is 8.08. The van der Waals surface area contributed by atoms with Gasteiger partial charge in [0.15, 0.2) is 0 Å². The average molecular weight is 322 g/mol. The fourth-order valence-corrected chi connectivity index (χ4v) is 6.48. The first-order valence-corrected chi connectivity index (χ1v) is 10.6. The summed E-state index contributed by atoms with van der Waals surface area (Å²) in [5, 5.41) is 0. The molecule has 0 radical (unpaired) electrons. The molecule has 23 heavy (non-hydrogen) atoms. The summed E-state index contributed by atoms with van der Waals surface area (Å²) in [6.07, 6.45) is 2.37. The van der Waals surface area contributed by atoms with Crippen LogP contribution in [0.5, 0.6) is 0 Å². The molecule has 3 aromatic carbocycles. The van der Waals surface area contributed by atoms with Crippen LogP contribution < -0.4 is 0 Å². The fourth-order valence-electron chi connectivity index (χ4n) is 3.11. The summed E-state index contributed by atoms with van der Waals surface area (Å²) in [6, 6.07) is 31.1. The van der Waals surface area contributed by atoms with Crippen molar-refractivity contribution in [2.75, 3.05) is 0 Å². The number of hydrogen-bond acceptors (Lipinski definition) is 1. The number of rotatable bonds is 6. The average Bonchev–Trinajstić information content (AvgIpc) is 2.57. The molecule has 3 rings (SSSR count). The molecule has 3 aromatic rings. The van der Waals surface area contributed by atoms with Crippen LogP contribution in [0.4, 0.5) is 0 Å². The van der Waals surface area contributed by atoms with Gasteiger partial charge in [0.05, 0.1) is 0 Å². The molecule has 1 N–H and O–H groups in total. The van der Waals surface area contributed by atoms with Gasteiger partial charge in [0, 0.05) is 0 Å². The van der Waals surface area contributed by atoms with Gasteiger partial charge in [0.25, 0.3) is 0 Å². The van der Waals surface area contributed by atoms with Crippen LogP contribution in [0, 0.1) is 0 Å². The Morgan fingerprint density at radius 3 is 1.00 bits per heavy atom. The van der Waals surface area contributed by atoms with Crippen LogP contribution in [0.15, 0.2) is 91.0 Å². The van der Waals surface area contributed by atoms with Crippen molar-refractivity contribution in [1.82, 2.24) is 0 Å².